The molecule has 8 heteroatoms. The summed E-state index contributed by atoms with van der Waals surface area (Å²) in [7, 11) is 0. The molecule has 0 spiro atoms. The molecule has 1 aliphatic carbocycles. The zero-order chi connectivity index (χ0) is 13.6. The van der Waals surface area contributed by atoms with E-state index in [2.05, 4.69) is 0 Å². The van der Waals surface area contributed by atoms with E-state index < -0.39 is 40.2 Å². The van der Waals surface area contributed by atoms with Gasteiger partial charge in [0, 0.05) is 0 Å². The highest BCUT2D eigenvalue weighted by atomic mass is 127. The van der Waals surface area contributed by atoms with Crippen LogP contribution in [0.2, 0.25) is 0 Å². The van der Waals surface area contributed by atoms with Crippen LogP contribution in [0.1, 0.15) is 19.8 Å². The van der Waals surface area contributed by atoms with Gasteiger partial charge in [-0.15, -0.1) is 0 Å². The summed E-state index contributed by atoms with van der Waals surface area (Å²) in [5.74, 6) is -4.92. The second kappa shape index (κ2) is 4.41. The van der Waals surface area contributed by atoms with Crippen molar-refractivity contribution < 1.29 is 30.7 Å². The third kappa shape index (κ3) is 1.85. The van der Waals surface area contributed by atoms with Gasteiger partial charge in [-0.1, -0.05) is 13.3 Å². The Labute approximate surface area is 107 Å². The molecule has 0 aromatic heterocycles. The van der Waals surface area contributed by atoms with Crippen LogP contribution in [0.5, 0.6) is 0 Å². The first-order valence-electron chi connectivity index (χ1n) is 4.90. The molecule has 1 fully saturated rings. The van der Waals surface area contributed by atoms with E-state index in [-0.39, 0.29) is 6.42 Å². The zero-order valence-electron chi connectivity index (χ0n) is 8.67. The predicted molar refractivity (Wildman–Crippen MR) is 56.2 cm³/mol. The molecule has 0 amide bonds. The zero-order valence-corrected chi connectivity index (χ0v) is 10.8. The van der Waals surface area contributed by atoms with Crippen molar-refractivity contribution in [3.8, 4) is 0 Å². The molecule has 0 aromatic rings. The topological polar surface area (TPSA) is 0 Å². The first kappa shape index (κ1) is 15.3. The quantitative estimate of drug-likeness (QED) is 0.383. The Morgan fingerprint density at radius 2 is 1.47 bits per heavy atom. The molecular formula is C9H10F7I. The number of rotatable bonds is 2. The fraction of sp³-hybridized carbons (Fsp3) is 1.00. The van der Waals surface area contributed by atoms with Crippen molar-refractivity contribution in [3.05, 3.63) is 0 Å². The average molecular weight is 378 g/mol. The largest absolute Gasteiger partial charge is 0.327 e. The lowest BCUT2D eigenvalue weighted by Crippen LogP contribution is -2.71. The Kier molecular flexibility index (Phi) is 3.97. The third-order valence-corrected chi connectivity index (χ3v) is 4.51. The summed E-state index contributed by atoms with van der Waals surface area (Å²) in [5, 5.41) is 0. The smallest absolute Gasteiger partial charge is 0.241 e. The van der Waals surface area contributed by atoms with E-state index in [1.54, 1.807) is 0 Å². The molecule has 102 valence electrons. The Hall–Kier alpha value is 0.240. The van der Waals surface area contributed by atoms with E-state index in [1.165, 1.54) is 6.92 Å². The van der Waals surface area contributed by atoms with E-state index in [4.69, 9.17) is 0 Å². The van der Waals surface area contributed by atoms with Gasteiger partial charge in [-0.3, -0.25) is 0 Å². The minimum absolute atomic E-state index is 0.175. The van der Waals surface area contributed by atoms with Gasteiger partial charge in [0.25, 0.3) is 3.68 Å². The molecule has 0 aliphatic heterocycles. The highest BCUT2D eigenvalue weighted by molar-refractivity contribution is 14.1. The van der Waals surface area contributed by atoms with E-state index in [0.29, 0.717) is 22.6 Å². The maximum atomic E-state index is 14.0. The molecule has 1 aliphatic rings. The van der Waals surface area contributed by atoms with Crippen molar-refractivity contribution in [1.82, 2.24) is 0 Å². The van der Waals surface area contributed by atoms with Crippen molar-refractivity contribution in [3.63, 3.8) is 0 Å². The highest BCUT2D eigenvalue weighted by Gasteiger charge is 2.79. The second-order valence-corrected chi connectivity index (χ2v) is 5.54. The summed E-state index contributed by atoms with van der Waals surface area (Å²) >= 11 is 0.338. The lowest BCUT2D eigenvalue weighted by Gasteiger charge is -2.48. The number of hydrogen-bond donors (Lipinski definition) is 0. The molecule has 5 atom stereocenters. The van der Waals surface area contributed by atoms with E-state index in [1.807, 2.05) is 0 Å². The van der Waals surface area contributed by atoms with Gasteiger partial charge < -0.3 is 0 Å². The summed E-state index contributed by atoms with van der Waals surface area (Å²) in [6.07, 6.45) is -11.4. The molecular weight excluding hydrogens is 368 g/mol. The maximum absolute atomic E-state index is 14.0. The summed E-state index contributed by atoms with van der Waals surface area (Å²) in [6, 6.07) is 0. The molecule has 17 heavy (non-hydrogen) atoms. The van der Waals surface area contributed by atoms with Crippen LogP contribution in [0.15, 0.2) is 0 Å². The molecule has 0 heterocycles. The fourth-order valence-corrected chi connectivity index (χ4v) is 2.75. The van der Waals surface area contributed by atoms with Gasteiger partial charge >= 0.3 is 5.92 Å². The lowest BCUT2D eigenvalue weighted by atomic mass is 9.76. The number of alkyl halides is 8. The predicted octanol–water partition coefficient (Wildman–Crippen LogP) is 4.26. The Morgan fingerprint density at radius 3 is 1.88 bits per heavy atom. The minimum Gasteiger partial charge on any atom is -0.241 e. The van der Waals surface area contributed by atoms with Crippen molar-refractivity contribution in [2.75, 3.05) is 0 Å². The van der Waals surface area contributed by atoms with Crippen LogP contribution in [0.3, 0.4) is 0 Å². The van der Waals surface area contributed by atoms with Gasteiger partial charge in [0.05, 0.1) is 0 Å². The molecule has 0 aromatic carbocycles. The van der Waals surface area contributed by atoms with E-state index in [9.17, 15) is 30.7 Å². The standard InChI is InChI=1S/C9H10F7I/c1-2-3-7(13)5(11)4(10)6(12)8(14,15)9(7,16)17/h4-6H,2-3H2,1H3. The van der Waals surface area contributed by atoms with Crippen LogP contribution in [0, 0.1) is 0 Å². The SMILES string of the molecule is CCCC1(F)C(F)C(F)C(F)C(F)(F)C1(F)I. The molecule has 0 nitrogen and oxygen atoms in total. The van der Waals surface area contributed by atoms with Gasteiger partial charge in [0.2, 0.25) is 6.17 Å². The summed E-state index contributed by atoms with van der Waals surface area (Å²) < 4.78 is 89.3. The van der Waals surface area contributed by atoms with Crippen LogP contribution in [0.25, 0.3) is 0 Å². The van der Waals surface area contributed by atoms with Crippen LogP contribution >= 0.6 is 22.6 Å². The third-order valence-electron chi connectivity index (χ3n) is 2.90. The van der Waals surface area contributed by atoms with Gasteiger partial charge in [-0.2, -0.15) is 8.78 Å². The number of hydrogen-bond acceptors (Lipinski definition) is 0. The monoisotopic (exact) mass is 378 g/mol. The summed E-state index contributed by atoms with van der Waals surface area (Å²) in [5.41, 5.74) is -3.74. The molecule has 1 rings (SSSR count). The van der Waals surface area contributed by atoms with E-state index in [0.717, 1.165) is 0 Å². The van der Waals surface area contributed by atoms with Crippen molar-refractivity contribution in [1.29, 1.82) is 0 Å². The molecule has 0 radical (unpaired) electrons. The summed E-state index contributed by atoms with van der Waals surface area (Å²) in [4.78, 5) is 0. The Morgan fingerprint density at radius 1 is 1.00 bits per heavy atom. The Balaban J connectivity index is 3.29. The molecule has 0 saturated heterocycles. The Bertz CT molecular complexity index is 295. The first-order valence-corrected chi connectivity index (χ1v) is 5.98. The van der Waals surface area contributed by atoms with Crippen molar-refractivity contribution >= 4 is 22.6 Å². The molecule has 0 N–H and O–H groups in total. The van der Waals surface area contributed by atoms with Crippen LogP contribution in [-0.2, 0) is 0 Å². The average Bonchev–Trinajstić information content (AvgIpc) is 2.24. The maximum Gasteiger partial charge on any atom is 0.327 e. The summed E-state index contributed by atoms with van der Waals surface area (Å²) in [6.45, 7) is 1.30. The van der Waals surface area contributed by atoms with Crippen molar-refractivity contribution in [2.24, 2.45) is 0 Å². The molecule has 1 saturated carbocycles. The van der Waals surface area contributed by atoms with Gasteiger partial charge in [0.1, 0.15) is 0 Å². The van der Waals surface area contributed by atoms with Crippen LogP contribution < -0.4 is 0 Å². The van der Waals surface area contributed by atoms with Crippen LogP contribution in [0.4, 0.5) is 30.7 Å². The normalized spacial score (nSPS) is 50.3. The fourth-order valence-electron chi connectivity index (χ4n) is 1.88. The van der Waals surface area contributed by atoms with Gasteiger partial charge in [-0.25, -0.2) is 22.0 Å². The van der Waals surface area contributed by atoms with Gasteiger partial charge in [-0.05, 0) is 29.0 Å². The van der Waals surface area contributed by atoms with Gasteiger partial charge in [0.15, 0.2) is 18.0 Å². The molecule has 0 bridgehead atoms. The highest BCUT2D eigenvalue weighted by Crippen LogP contribution is 2.59. The first-order chi connectivity index (χ1) is 7.54. The second-order valence-electron chi connectivity index (χ2n) is 4.06. The lowest BCUT2D eigenvalue weighted by molar-refractivity contribution is -0.253. The van der Waals surface area contributed by atoms with Crippen molar-refractivity contribution in [2.45, 2.75) is 53.5 Å². The van der Waals surface area contributed by atoms with Crippen LogP contribution in [-0.4, -0.2) is 33.8 Å². The molecule has 5 unspecified atom stereocenters. The minimum atomic E-state index is -4.92. The number of halogens is 8. The van der Waals surface area contributed by atoms with E-state index >= 15 is 0 Å².